The van der Waals surface area contributed by atoms with Crippen molar-refractivity contribution in [2.24, 2.45) is 5.41 Å². The minimum Gasteiger partial charge on any atom is -1.00 e. The molecule has 0 rings (SSSR count). The third kappa shape index (κ3) is 5.72. The second-order valence-corrected chi connectivity index (χ2v) is 4.89. The van der Waals surface area contributed by atoms with Gasteiger partial charge in [-0.3, -0.25) is 4.79 Å². The summed E-state index contributed by atoms with van der Waals surface area (Å²) < 4.78 is 0.840. The largest absolute Gasteiger partial charge is 1.00 e. The zero-order valence-electron chi connectivity index (χ0n) is 8.94. The van der Waals surface area contributed by atoms with Crippen molar-refractivity contribution in [2.45, 2.75) is 20.8 Å². The monoisotopic (exact) mass is 237 g/mol. The summed E-state index contributed by atoms with van der Waals surface area (Å²) in [7, 11) is 6.31. The minimum absolute atomic E-state index is 0. The van der Waals surface area contributed by atoms with Crippen molar-refractivity contribution in [1.82, 2.24) is 0 Å². The molecule has 0 spiro atoms. The first-order valence-corrected chi connectivity index (χ1v) is 3.97. The molecular weight excluding hydrogens is 218 g/mol. The zero-order chi connectivity index (χ0) is 9.28. The second-order valence-electron chi connectivity index (χ2n) is 4.89. The number of carbonyl (C=O) groups excluding carboxylic acids is 1. The van der Waals surface area contributed by atoms with E-state index < -0.39 is 0 Å². The summed E-state index contributed by atoms with van der Waals surface area (Å²) in [5, 5.41) is 0. The Morgan fingerprint density at radius 1 is 1.25 bits per heavy atom. The highest BCUT2D eigenvalue weighted by Gasteiger charge is 2.30. The molecule has 0 atom stereocenters. The Hall–Kier alpha value is 0.110. The van der Waals surface area contributed by atoms with E-state index in [2.05, 4.69) is 21.1 Å². The van der Waals surface area contributed by atoms with Crippen molar-refractivity contribution < 1.29 is 26.3 Å². The second kappa shape index (κ2) is 4.38. The van der Waals surface area contributed by atoms with Crippen molar-refractivity contribution in [2.75, 3.05) is 27.7 Å². The Kier molecular flexibility index (Phi) is 5.33. The normalized spacial score (nSPS) is 12.2. The van der Waals surface area contributed by atoms with E-state index in [1.807, 2.05) is 13.8 Å². The van der Waals surface area contributed by atoms with Crippen LogP contribution < -0.4 is 17.0 Å². The van der Waals surface area contributed by atoms with Crippen molar-refractivity contribution in [3.05, 3.63) is 0 Å². The predicted molar refractivity (Wildman–Crippen MR) is 47.4 cm³/mol. The lowest BCUT2D eigenvalue weighted by Crippen LogP contribution is -3.00. The van der Waals surface area contributed by atoms with Crippen LogP contribution >= 0.6 is 0 Å². The van der Waals surface area contributed by atoms with E-state index in [0.717, 1.165) is 11.0 Å². The number of rotatable bonds is 3. The average molecular weight is 238 g/mol. The first-order chi connectivity index (χ1) is 4.65. The van der Waals surface area contributed by atoms with Gasteiger partial charge in [0.25, 0.3) is 0 Å². The molecule has 0 unspecified atom stereocenters. The van der Waals surface area contributed by atoms with E-state index in [1.165, 1.54) is 0 Å². The quantitative estimate of drug-likeness (QED) is 0.536. The summed E-state index contributed by atoms with van der Waals surface area (Å²) in [6.07, 6.45) is 0. The van der Waals surface area contributed by atoms with E-state index in [0.29, 0.717) is 0 Å². The van der Waals surface area contributed by atoms with Crippen LogP contribution in [0.4, 0.5) is 0 Å². The van der Waals surface area contributed by atoms with Crippen LogP contribution in [0.25, 0.3) is 0 Å². The molecule has 0 fully saturated rings. The number of Topliss-reactive ketones (excluding diaryl/α,β-unsaturated/α-hetero) is 1. The maximum Gasteiger partial charge on any atom is 0.141 e. The van der Waals surface area contributed by atoms with Crippen molar-refractivity contribution >= 4 is 5.78 Å². The number of hydrogen-bond donors (Lipinski definition) is 0. The average Bonchev–Trinajstić information content (AvgIpc) is 1.56. The molecule has 0 N–H and O–H groups in total. The van der Waals surface area contributed by atoms with Gasteiger partial charge in [0, 0.05) is 0 Å². The van der Waals surface area contributed by atoms with Gasteiger partial charge in [-0.25, -0.2) is 0 Å². The van der Waals surface area contributed by atoms with Gasteiger partial charge in [-0.2, -0.15) is 0 Å². The zero-order valence-corrected chi connectivity index (χ0v) is 10.5. The summed E-state index contributed by atoms with van der Waals surface area (Å²) in [5.41, 5.74) is -0.182. The molecule has 0 aromatic heterocycles. The van der Waals surface area contributed by atoms with Crippen LogP contribution in [0.3, 0.4) is 0 Å². The van der Waals surface area contributed by atoms with Gasteiger partial charge in [-0.1, -0.05) is 0 Å². The number of hydrogen-bond acceptors (Lipinski definition) is 1. The fourth-order valence-corrected chi connectivity index (χ4v) is 1.30. The van der Waals surface area contributed by atoms with Gasteiger partial charge in [0.2, 0.25) is 0 Å². The molecule has 0 aromatic rings. The number of quaternary nitrogens is 1. The maximum atomic E-state index is 11.1. The third-order valence-electron chi connectivity index (χ3n) is 1.82. The molecule has 0 heterocycles. The molecule has 0 bridgehead atoms. The number of carbonyl (C=O) groups is 1. The number of ketones is 1. The van der Waals surface area contributed by atoms with E-state index in [9.17, 15) is 4.79 Å². The van der Waals surface area contributed by atoms with Gasteiger partial charge in [0.15, 0.2) is 0 Å². The highest BCUT2D eigenvalue weighted by Crippen LogP contribution is 2.19. The highest BCUT2D eigenvalue weighted by molar-refractivity contribution is 5.81. The SMILES string of the molecule is CC(=O)C(C)(C)C[N+](C)(C)C.[Br-]. The molecule has 0 saturated heterocycles. The van der Waals surface area contributed by atoms with Crippen LogP contribution in [0.15, 0.2) is 0 Å². The van der Waals surface area contributed by atoms with Crippen LogP contribution in [-0.4, -0.2) is 38.0 Å². The van der Waals surface area contributed by atoms with Crippen LogP contribution in [0, 0.1) is 5.41 Å². The first kappa shape index (κ1) is 14.6. The van der Waals surface area contributed by atoms with E-state index in [4.69, 9.17) is 0 Å². The van der Waals surface area contributed by atoms with Crippen LogP contribution in [-0.2, 0) is 4.79 Å². The van der Waals surface area contributed by atoms with Crippen molar-refractivity contribution in [3.8, 4) is 0 Å². The smallest absolute Gasteiger partial charge is 0.141 e. The summed E-state index contributed by atoms with van der Waals surface area (Å²) in [4.78, 5) is 11.1. The lowest BCUT2D eigenvalue weighted by Gasteiger charge is -2.32. The predicted octanol–water partition coefficient (Wildman–Crippen LogP) is -1.69. The van der Waals surface area contributed by atoms with Crippen molar-refractivity contribution in [3.63, 3.8) is 0 Å². The molecule has 0 aliphatic carbocycles. The van der Waals surface area contributed by atoms with E-state index in [1.54, 1.807) is 6.92 Å². The minimum atomic E-state index is -0.182. The highest BCUT2D eigenvalue weighted by atomic mass is 79.9. The van der Waals surface area contributed by atoms with E-state index in [-0.39, 0.29) is 28.2 Å². The fourth-order valence-electron chi connectivity index (χ4n) is 1.30. The van der Waals surface area contributed by atoms with Crippen molar-refractivity contribution in [1.29, 1.82) is 0 Å². The summed E-state index contributed by atoms with van der Waals surface area (Å²) in [5.74, 6) is 0.269. The van der Waals surface area contributed by atoms with Gasteiger partial charge in [-0.15, -0.1) is 0 Å². The van der Waals surface area contributed by atoms with Gasteiger partial charge in [0.05, 0.1) is 33.1 Å². The van der Waals surface area contributed by atoms with Crippen LogP contribution in [0.5, 0.6) is 0 Å². The Balaban J connectivity index is 0. The Morgan fingerprint density at radius 2 is 1.58 bits per heavy atom. The molecule has 0 saturated carbocycles. The fraction of sp³-hybridized carbons (Fsp3) is 0.889. The Bertz CT molecular complexity index is 158. The van der Waals surface area contributed by atoms with Crippen LogP contribution in [0.2, 0.25) is 0 Å². The lowest BCUT2D eigenvalue weighted by molar-refractivity contribution is -0.875. The third-order valence-corrected chi connectivity index (χ3v) is 1.82. The molecule has 0 radical (unpaired) electrons. The molecule has 12 heavy (non-hydrogen) atoms. The first-order valence-electron chi connectivity index (χ1n) is 3.97. The van der Waals surface area contributed by atoms with Crippen LogP contribution in [0.1, 0.15) is 20.8 Å². The van der Waals surface area contributed by atoms with Gasteiger partial charge in [0.1, 0.15) is 5.78 Å². The molecule has 2 nitrogen and oxygen atoms in total. The number of halogens is 1. The van der Waals surface area contributed by atoms with Gasteiger partial charge >= 0.3 is 0 Å². The Morgan fingerprint density at radius 3 is 1.67 bits per heavy atom. The molecule has 3 heteroatoms. The molecule has 0 amide bonds. The summed E-state index contributed by atoms with van der Waals surface area (Å²) >= 11 is 0. The van der Waals surface area contributed by atoms with Gasteiger partial charge in [-0.05, 0) is 20.8 Å². The molecule has 0 aliphatic rings. The topological polar surface area (TPSA) is 17.1 Å². The molecule has 74 valence electrons. The standard InChI is InChI=1S/C9H20NO.BrH/c1-8(11)9(2,3)7-10(4,5)6;/h7H2,1-6H3;1H/q+1;/p-1. The summed E-state index contributed by atoms with van der Waals surface area (Å²) in [6, 6.07) is 0. The van der Waals surface area contributed by atoms with E-state index >= 15 is 0 Å². The Labute approximate surface area is 86.3 Å². The number of nitrogens with zero attached hydrogens (tertiary/aromatic N) is 1. The lowest BCUT2D eigenvalue weighted by atomic mass is 9.88. The maximum absolute atomic E-state index is 11.1. The molecule has 0 aliphatic heterocycles. The molecular formula is C9H20BrNO. The summed E-state index contributed by atoms with van der Waals surface area (Å²) in [6.45, 7) is 6.55. The van der Waals surface area contributed by atoms with Gasteiger partial charge < -0.3 is 21.5 Å². The molecule has 0 aromatic carbocycles.